The molecule has 21 heavy (non-hydrogen) atoms. The Hall–Kier alpha value is -2.40. The maximum Gasteiger partial charge on any atom is 0.329 e. The van der Waals surface area contributed by atoms with Crippen molar-refractivity contribution in [1.82, 2.24) is 15.0 Å². The summed E-state index contributed by atoms with van der Waals surface area (Å²) in [5.74, 6) is 0.651. The highest BCUT2D eigenvalue weighted by Gasteiger charge is 2.09. The van der Waals surface area contributed by atoms with Gasteiger partial charge in [0.15, 0.2) is 0 Å². The zero-order valence-electron chi connectivity index (χ0n) is 11.3. The minimum atomic E-state index is 0.0312. The summed E-state index contributed by atoms with van der Waals surface area (Å²) >= 11 is 5.85. The predicted octanol–water partition coefficient (Wildman–Crippen LogP) is 3.87. The summed E-state index contributed by atoms with van der Waals surface area (Å²) in [7, 11) is 0. The molecule has 0 atom stereocenters. The third-order valence-electron chi connectivity index (χ3n) is 2.79. The summed E-state index contributed by atoms with van der Waals surface area (Å²) in [6.45, 7) is 2.27. The first-order valence-electron chi connectivity index (χ1n) is 6.46. The van der Waals surface area contributed by atoms with Gasteiger partial charge in [0.2, 0.25) is 5.28 Å². The summed E-state index contributed by atoms with van der Waals surface area (Å²) in [5, 5.41) is 2.07. The molecule has 0 saturated heterocycles. The van der Waals surface area contributed by atoms with Gasteiger partial charge in [-0.2, -0.15) is 9.97 Å². The summed E-state index contributed by atoms with van der Waals surface area (Å²) < 4.78 is 11.0. The molecule has 0 amide bonds. The first kappa shape index (κ1) is 13.6. The molecule has 0 aliphatic carbocycles. The van der Waals surface area contributed by atoms with E-state index >= 15 is 0 Å². The van der Waals surface area contributed by atoms with Crippen molar-refractivity contribution in [2.45, 2.75) is 6.92 Å². The van der Waals surface area contributed by atoms with Crippen LogP contribution in [0.15, 0.2) is 42.5 Å². The minimum Gasteiger partial charge on any atom is -0.464 e. The lowest BCUT2D eigenvalue weighted by Crippen LogP contribution is -2.01. The van der Waals surface area contributed by atoms with E-state index in [4.69, 9.17) is 21.1 Å². The number of hydrogen-bond donors (Lipinski definition) is 0. The van der Waals surface area contributed by atoms with E-state index in [1.807, 2.05) is 49.4 Å². The van der Waals surface area contributed by atoms with Crippen LogP contribution in [0.4, 0.5) is 0 Å². The lowest BCUT2D eigenvalue weighted by molar-refractivity contribution is 0.303. The number of fused-ring (bicyclic) bond motifs is 1. The van der Waals surface area contributed by atoms with Gasteiger partial charge >= 0.3 is 12.0 Å². The Morgan fingerprint density at radius 1 is 0.952 bits per heavy atom. The van der Waals surface area contributed by atoms with Gasteiger partial charge in [0.05, 0.1) is 6.61 Å². The van der Waals surface area contributed by atoms with Crippen LogP contribution >= 0.6 is 11.6 Å². The van der Waals surface area contributed by atoms with Crippen LogP contribution in [0.25, 0.3) is 10.8 Å². The molecule has 0 aliphatic rings. The molecule has 0 radical (unpaired) electrons. The Bertz CT molecular complexity index is 774. The van der Waals surface area contributed by atoms with Gasteiger partial charge in [-0.15, -0.1) is 4.98 Å². The third kappa shape index (κ3) is 3.03. The molecule has 5 nitrogen and oxygen atoms in total. The molecule has 106 valence electrons. The van der Waals surface area contributed by atoms with Crippen LogP contribution in [0.5, 0.6) is 17.8 Å². The number of rotatable bonds is 4. The second-order valence-corrected chi connectivity index (χ2v) is 4.52. The van der Waals surface area contributed by atoms with Crippen LogP contribution in [0, 0.1) is 0 Å². The molecule has 3 aromatic rings. The summed E-state index contributed by atoms with van der Waals surface area (Å²) in [4.78, 5) is 11.9. The zero-order chi connectivity index (χ0) is 14.7. The van der Waals surface area contributed by atoms with E-state index in [1.165, 1.54) is 0 Å². The van der Waals surface area contributed by atoms with Crippen LogP contribution in [0.3, 0.4) is 0 Å². The lowest BCUT2D eigenvalue weighted by atomic mass is 10.1. The molecule has 0 saturated carbocycles. The molecular formula is C15H12ClN3O2. The van der Waals surface area contributed by atoms with Gasteiger partial charge < -0.3 is 9.47 Å². The Balaban J connectivity index is 1.98. The monoisotopic (exact) mass is 301 g/mol. The zero-order valence-corrected chi connectivity index (χ0v) is 12.0. The molecule has 3 rings (SSSR count). The van der Waals surface area contributed by atoms with Crippen LogP contribution in [-0.4, -0.2) is 21.6 Å². The number of hydrogen-bond acceptors (Lipinski definition) is 5. The Morgan fingerprint density at radius 3 is 2.57 bits per heavy atom. The van der Waals surface area contributed by atoms with Gasteiger partial charge in [-0.3, -0.25) is 0 Å². The van der Waals surface area contributed by atoms with Gasteiger partial charge in [0.25, 0.3) is 0 Å². The fraction of sp³-hybridized carbons (Fsp3) is 0.133. The lowest BCUT2D eigenvalue weighted by Gasteiger charge is -2.08. The summed E-state index contributed by atoms with van der Waals surface area (Å²) in [6.07, 6.45) is 0. The van der Waals surface area contributed by atoms with Crippen molar-refractivity contribution in [1.29, 1.82) is 0 Å². The Morgan fingerprint density at radius 2 is 1.71 bits per heavy atom. The molecule has 6 heteroatoms. The van der Waals surface area contributed by atoms with E-state index in [0.717, 1.165) is 10.8 Å². The first-order chi connectivity index (χ1) is 10.3. The van der Waals surface area contributed by atoms with Crippen LogP contribution in [0.1, 0.15) is 6.92 Å². The van der Waals surface area contributed by atoms with Crippen molar-refractivity contribution in [2.24, 2.45) is 0 Å². The smallest absolute Gasteiger partial charge is 0.329 e. The van der Waals surface area contributed by atoms with E-state index in [2.05, 4.69) is 15.0 Å². The molecule has 1 aromatic heterocycles. The third-order valence-corrected chi connectivity index (χ3v) is 2.96. The van der Waals surface area contributed by atoms with E-state index in [1.54, 1.807) is 0 Å². The second-order valence-electron chi connectivity index (χ2n) is 4.18. The average Bonchev–Trinajstić information content (AvgIpc) is 2.47. The standard InChI is InChI=1S/C15H12ClN3O2/c1-2-20-14-17-13(16)18-15(19-14)21-12-9-5-7-10-6-3-4-8-11(10)12/h3-9H,2H2,1H3. The Labute approximate surface area is 126 Å². The molecule has 0 bridgehead atoms. The Kier molecular flexibility index (Phi) is 3.83. The van der Waals surface area contributed by atoms with E-state index in [-0.39, 0.29) is 17.3 Å². The van der Waals surface area contributed by atoms with Crippen LogP contribution < -0.4 is 9.47 Å². The topological polar surface area (TPSA) is 57.1 Å². The van der Waals surface area contributed by atoms with Crippen molar-refractivity contribution < 1.29 is 9.47 Å². The van der Waals surface area contributed by atoms with Gasteiger partial charge in [-0.1, -0.05) is 36.4 Å². The predicted molar refractivity (Wildman–Crippen MR) is 80.0 cm³/mol. The number of ether oxygens (including phenoxy) is 2. The number of aromatic nitrogens is 3. The van der Waals surface area contributed by atoms with Gasteiger partial charge in [0, 0.05) is 5.39 Å². The highest BCUT2D eigenvalue weighted by Crippen LogP contribution is 2.28. The van der Waals surface area contributed by atoms with E-state index in [9.17, 15) is 0 Å². The maximum absolute atomic E-state index is 5.85. The average molecular weight is 302 g/mol. The van der Waals surface area contributed by atoms with Crippen molar-refractivity contribution >= 4 is 22.4 Å². The van der Waals surface area contributed by atoms with Gasteiger partial charge in [0.1, 0.15) is 5.75 Å². The molecule has 0 spiro atoms. The van der Waals surface area contributed by atoms with Crippen LogP contribution in [-0.2, 0) is 0 Å². The van der Waals surface area contributed by atoms with Crippen molar-refractivity contribution in [3.05, 3.63) is 47.7 Å². The maximum atomic E-state index is 5.85. The summed E-state index contributed by atoms with van der Waals surface area (Å²) in [5.41, 5.74) is 0. The number of halogens is 1. The van der Waals surface area contributed by atoms with Crippen molar-refractivity contribution in [2.75, 3.05) is 6.61 Å². The number of nitrogens with zero attached hydrogens (tertiary/aromatic N) is 3. The highest BCUT2D eigenvalue weighted by atomic mass is 35.5. The second kappa shape index (κ2) is 5.93. The van der Waals surface area contributed by atoms with Crippen molar-refractivity contribution in [3.63, 3.8) is 0 Å². The normalized spacial score (nSPS) is 10.6. The van der Waals surface area contributed by atoms with E-state index in [0.29, 0.717) is 12.4 Å². The molecule has 0 fully saturated rings. The highest BCUT2D eigenvalue weighted by molar-refractivity contribution is 6.28. The fourth-order valence-corrected chi connectivity index (χ4v) is 2.08. The largest absolute Gasteiger partial charge is 0.464 e. The first-order valence-corrected chi connectivity index (χ1v) is 6.84. The quantitative estimate of drug-likeness (QED) is 0.732. The molecule has 1 heterocycles. The number of benzene rings is 2. The molecule has 2 aromatic carbocycles. The van der Waals surface area contributed by atoms with Gasteiger partial charge in [-0.05, 0) is 30.0 Å². The SMILES string of the molecule is CCOc1nc(Cl)nc(Oc2cccc3ccccc23)n1. The molecule has 0 aliphatic heterocycles. The minimum absolute atomic E-state index is 0.0312. The molecule has 0 N–H and O–H groups in total. The van der Waals surface area contributed by atoms with Crippen molar-refractivity contribution in [3.8, 4) is 17.8 Å². The van der Waals surface area contributed by atoms with Crippen LogP contribution in [0.2, 0.25) is 5.28 Å². The van der Waals surface area contributed by atoms with E-state index < -0.39 is 0 Å². The molecule has 0 unspecified atom stereocenters. The van der Waals surface area contributed by atoms with Gasteiger partial charge in [-0.25, -0.2) is 0 Å². The summed E-state index contributed by atoms with van der Waals surface area (Å²) in [6, 6.07) is 13.9. The molecular weight excluding hydrogens is 290 g/mol. The fourth-order valence-electron chi connectivity index (χ4n) is 1.94.